The highest BCUT2D eigenvalue weighted by Gasteiger charge is 2.23. The molecule has 3 heteroatoms. The Labute approximate surface area is 96.5 Å². The second-order valence-corrected chi connectivity index (χ2v) is 4.97. The van der Waals surface area contributed by atoms with E-state index in [4.69, 9.17) is 5.11 Å². The first kappa shape index (κ1) is 12.7. The van der Waals surface area contributed by atoms with Gasteiger partial charge in [-0.2, -0.15) is 0 Å². The van der Waals surface area contributed by atoms with Crippen molar-refractivity contribution >= 4 is 5.97 Å². The first-order valence-corrected chi connectivity index (χ1v) is 5.43. The van der Waals surface area contributed by atoms with Crippen molar-refractivity contribution in [3.8, 4) is 0 Å². The maximum atomic E-state index is 11.1. The highest BCUT2D eigenvalue weighted by molar-refractivity contribution is 5.74. The quantitative estimate of drug-likeness (QED) is 0.818. The Balaban J connectivity index is 2.70. The molecule has 1 atom stereocenters. The van der Waals surface area contributed by atoms with Crippen LogP contribution in [0.25, 0.3) is 0 Å². The van der Waals surface area contributed by atoms with E-state index in [0.717, 1.165) is 5.56 Å². The van der Waals surface area contributed by atoms with Crippen molar-refractivity contribution < 1.29 is 9.90 Å². The van der Waals surface area contributed by atoms with E-state index in [1.807, 2.05) is 51.1 Å². The molecule has 0 saturated carbocycles. The third-order valence-electron chi connectivity index (χ3n) is 2.19. The lowest BCUT2D eigenvalue weighted by atomic mass is 10.0. The number of benzene rings is 1. The van der Waals surface area contributed by atoms with Crippen molar-refractivity contribution in [3.63, 3.8) is 0 Å². The lowest BCUT2D eigenvalue weighted by molar-refractivity contribution is -0.140. The predicted octanol–water partition coefficient (Wildman–Crippen LogP) is 2.07. The maximum Gasteiger partial charge on any atom is 0.321 e. The van der Waals surface area contributed by atoms with Crippen molar-refractivity contribution in [1.29, 1.82) is 0 Å². The molecule has 0 aliphatic rings. The Kier molecular flexibility index (Phi) is 4.07. The summed E-state index contributed by atoms with van der Waals surface area (Å²) in [7, 11) is 0. The standard InChI is InChI=1S/C13H19NO2/c1-13(2,3)14-11(12(15)16)9-10-7-5-4-6-8-10/h4-8,11,14H,9H2,1-3H3,(H,15,16)/t11-/m0/s1. The fourth-order valence-corrected chi connectivity index (χ4v) is 1.57. The number of aliphatic carboxylic acids is 1. The molecule has 0 aliphatic heterocycles. The van der Waals surface area contributed by atoms with Crippen LogP contribution in [0.4, 0.5) is 0 Å². The second kappa shape index (κ2) is 5.12. The van der Waals surface area contributed by atoms with Gasteiger partial charge in [0.15, 0.2) is 0 Å². The van der Waals surface area contributed by atoms with Crippen molar-refractivity contribution in [1.82, 2.24) is 5.32 Å². The highest BCUT2D eigenvalue weighted by atomic mass is 16.4. The summed E-state index contributed by atoms with van der Waals surface area (Å²) in [6, 6.07) is 9.12. The van der Waals surface area contributed by atoms with Gasteiger partial charge >= 0.3 is 5.97 Å². The Morgan fingerprint density at radius 1 is 1.31 bits per heavy atom. The SMILES string of the molecule is CC(C)(C)N[C@@H](Cc1ccccc1)C(=O)O. The Hall–Kier alpha value is -1.35. The Bertz CT molecular complexity index is 341. The van der Waals surface area contributed by atoms with Gasteiger partial charge in [-0.05, 0) is 32.8 Å². The molecule has 0 unspecified atom stereocenters. The van der Waals surface area contributed by atoms with Gasteiger partial charge in [-0.15, -0.1) is 0 Å². The fourth-order valence-electron chi connectivity index (χ4n) is 1.57. The zero-order chi connectivity index (χ0) is 12.2. The van der Waals surface area contributed by atoms with Crippen LogP contribution in [-0.4, -0.2) is 22.7 Å². The van der Waals surface area contributed by atoms with Crippen LogP contribution in [0.1, 0.15) is 26.3 Å². The molecule has 1 aromatic rings. The van der Waals surface area contributed by atoms with Gasteiger partial charge in [-0.3, -0.25) is 10.1 Å². The largest absolute Gasteiger partial charge is 0.480 e. The summed E-state index contributed by atoms with van der Waals surface area (Å²) in [6.45, 7) is 5.90. The van der Waals surface area contributed by atoms with E-state index in [1.54, 1.807) is 0 Å². The number of nitrogens with one attached hydrogen (secondary N) is 1. The average molecular weight is 221 g/mol. The van der Waals surface area contributed by atoms with E-state index in [-0.39, 0.29) is 5.54 Å². The second-order valence-electron chi connectivity index (χ2n) is 4.97. The minimum absolute atomic E-state index is 0.197. The first-order valence-electron chi connectivity index (χ1n) is 5.43. The zero-order valence-corrected chi connectivity index (χ0v) is 10.0. The summed E-state index contributed by atoms with van der Waals surface area (Å²) in [6.07, 6.45) is 0.507. The van der Waals surface area contributed by atoms with Crippen LogP contribution in [0.5, 0.6) is 0 Å². The molecular formula is C13H19NO2. The molecule has 0 amide bonds. The average Bonchev–Trinajstić information content (AvgIpc) is 2.16. The third-order valence-corrected chi connectivity index (χ3v) is 2.19. The Morgan fingerprint density at radius 3 is 2.31 bits per heavy atom. The summed E-state index contributed by atoms with van der Waals surface area (Å²) in [5.74, 6) is -0.807. The van der Waals surface area contributed by atoms with Crippen molar-refractivity contribution in [3.05, 3.63) is 35.9 Å². The van der Waals surface area contributed by atoms with Gasteiger partial charge in [0.2, 0.25) is 0 Å². The van der Waals surface area contributed by atoms with E-state index in [9.17, 15) is 4.79 Å². The van der Waals surface area contributed by atoms with Crippen LogP contribution >= 0.6 is 0 Å². The summed E-state index contributed by atoms with van der Waals surface area (Å²) in [4.78, 5) is 11.1. The van der Waals surface area contributed by atoms with Crippen molar-refractivity contribution in [2.24, 2.45) is 0 Å². The van der Waals surface area contributed by atoms with Gasteiger partial charge in [0.1, 0.15) is 6.04 Å². The van der Waals surface area contributed by atoms with Crippen LogP contribution < -0.4 is 5.32 Å². The van der Waals surface area contributed by atoms with Gasteiger partial charge in [-0.1, -0.05) is 30.3 Å². The number of carboxylic acids is 1. The van der Waals surface area contributed by atoms with Crippen molar-refractivity contribution in [2.75, 3.05) is 0 Å². The van der Waals surface area contributed by atoms with Crippen LogP contribution in [0.15, 0.2) is 30.3 Å². The van der Waals surface area contributed by atoms with Crippen LogP contribution in [0.3, 0.4) is 0 Å². The molecule has 1 rings (SSSR count). The van der Waals surface area contributed by atoms with Gasteiger partial charge in [0.25, 0.3) is 0 Å². The molecule has 0 radical (unpaired) electrons. The van der Waals surface area contributed by atoms with Gasteiger partial charge in [0, 0.05) is 5.54 Å². The molecule has 0 saturated heterocycles. The van der Waals surface area contributed by atoms with E-state index >= 15 is 0 Å². The molecule has 3 nitrogen and oxygen atoms in total. The number of hydrogen-bond donors (Lipinski definition) is 2. The minimum atomic E-state index is -0.807. The van der Waals surface area contributed by atoms with E-state index in [2.05, 4.69) is 5.32 Å². The highest BCUT2D eigenvalue weighted by Crippen LogP contribution is 2.08. The molecule has 0 heterocycles. The van der Waals surface area contributed by atoms with E-state index in [1.165, 1.54) is 0 Å². The normalized spacial score (nSPS) is 13.4. The van der Waals surface area contributed by atoms with Crippen molar-refractivity contribution in [2.45, 2.75) is 38.8 Å². The van der Waals surface area contributed by atoms with Crippen LogP contribution in [0, 0.1) is 0 Å². The molecule has 1 aromatic carbocycles. The first-order chi connectivity index (χ1) is 7.38. The number of carboxylic acid groups (broad SMARTS) is 1. The maximum absolute atomic E-state index is 11.1. The van der Waals surface area contributed by atoms with Gasteiger partial charge in [0.05, 0.1) is 0 Å². The predicted molar refractivity (Wildman–Crippen MR) is 64.5 cm³/mol. The summed E-state index contributed by atoms with van der Waals surface area (Å²) in [5.41, 5.74) is 0.837. The van der Waals surface area contributed by atoms with Gasteiger partial charge in [-0.25, -0.2) is 0 Å². The molecule has 88 valence electrons. The molecule has 0 aromatic heterocycles. The molecular weight excluding hydrogens is 202 g/mol. The van der Waals surface area contributed by atoms with Crippen LogP contribution in [-0.2, 0) is 11.2 Å². The minimum Gasteiger partial charge on any atom is -0.480 e. The summed E-state index contributed by atoms with van der Waals surface area (Å²) in [5, 5.41) is 12.2. The number of hydrogen-bond acceptors (Lipinski definition) is 2. The molecule has 0 bridgehead atoms. The van der Waals surface area contributed by atoms with E-state index in [0.29, 0.717) is 6.42 Å². The number of carbonyl (C=O) groups is 1. The topological polar surface area (TPSA) is 49.3 Å². The van der Waals surface area contributed by atoms with E-state index < -0.39 is 12.0 Å². The molecule has 0 fully saturated rings. The molecule has 16 heavy (non-hydrogen) atoms. The summed E-state index contributed by atoms with van der Waals surface area (Å²) < 4.78 is 0. The summed E-state index contributed by atoms with van der Waals surface area (Å²) >= 11 is 0. The number of rotatable bonds is 4. The third kappa shape index (κ3) is 4.45. The lowest BCUT2D eigenvalue weighted by Crippen LogP contribution is -2.48. The monoisotopic (exact) mass is 221 g/mol. The molecule has 0 spiro atoms. The zero-order valence-electron chi connectivity index (χ0n) is 10.0. The fraction of sp³-hybridized carbons (Fsp3) is 0.462. The smallest absolute Gasteiger partial charge is 0.321 e. The Morgan fingerprint density at radius 2 is 1.88 bits per heavy atom. The lowest BCUT2D eigenvalue weighted by Gasteiger charge is -2.26. The van der Waals surface area contributed by atoms with Crippen LogP contribution in [0.2, 0.25) is 0 Å². The van der Waals surface area contributed by atoms with Gasteiger partial charge < -0.3 is 5.11 Å². The molecule has 0 aliphatic carbocycles. The molecule has 2 N–H and O–H groups in total.